The van der Waals surface area contributed by atoms with Crippen LogP contribution in [0.4, 0.5) is 4.79 Å². The average molecular weight is 364 g/mol. The average Bonchev–Trinajstić information content (AvgIpc) is 3.16. The Hall–Kier alpha value is -1.61. The summed E-state index contributed by atoms with van der Waals surface area (Å²) in [5, 5.41) is 8.92. The van der Waals surface area contributed by atoms with Crippen molar-refractivity contribution in [3.8, 4) is 0 Å². The van der Waals surface area contributed by atoms with E-state index in [4.69, 9.17) is 14.0 Å². The van der Waals surface area contributed by atoms with Gasteiger partial charge in [0.25, 0.3) is 0 Å². The molecule has 0 saturated carbocycles. The minimum atomic E-state index is -0.530. The van der Waals surface area contributed by atoms with Crippen LogP contribution in [-0.4, -0.2) is 63.0 Å². The Kier molecular flexibility index (Phi) is 4.59. The molecule has 26 heavy (non-hydrogen) atoms. The van der Waals surface area contributed by atoms with Crippen LogP contribution in [0.3, 0.4) is 0 Å². The van der Waals surface area contributed by atoms with Crippen molar-refractivity contribution in [1.82, 2.24) is 19.9 Å². The molecule has 3 rings (SSSR count). The van der Waals surface area contributed by atoms with E-state index in [0.29, 0.717) is 18.7 Å². The lowest BCUT2D eigenvalue weighted by molar-refractivity contribution is 0.00578. The quantitative estimate of drug-likeness (QED) is 0.744. The summed E-state index contributed by atoms with van der Waals surface area (Å²) in [7, 11) is -0.530. The van der Waals surface area contributed by atoms with Gasteiger partial charge in [0.05, 0.1) is 23.4 Å². The maximum absolute atomic E-state index is 12.2. The summed E-state index contributed by atoms with van der Waals surface area (Å²) in [6.07, 6.45) is 2.17. The Morgan fingerprint density at radius 2 is 1.88 bits per heavy atom. The predicted molar refractivity (Wildman–Crippen MR) is 97.2 cm³/mol. The number of nitrogens with zero attached hydrogens (tertiary/aromatic N) is 4. The van der Waals surface area contributed by atoms with Crippen molar-refractivity contribution in [3.05, 3.63) is 6.20 Å². The summed E-state index contributed by atoms with van der Waals surface area (Å²) in [5.74, 6) is 0. The molecule has 2 aliphatic rings. The normalized spacial score (nSPS) is 25.0. The summed E-state index contributed by atoms with van der Waals surface area (Å²) in [5.41, 5.74) is -0.674. The molecule has 2 aliphatic heterocycles. The smallest absolute Gasteiger partial charge is 0.444 e. The first-order valence-corrected chi connectivity index (χ1v) is 9.13. The third-order valence-corrected chi connectivity index (χ3v) is 5.16. The van der Waals surface area contributed by atoms with E-state index in [2.05, 4.69) is 10.2 Å². The van der Waals surface area contributed by atoms with Crippen LogP contribution in [0, 0.1) is 0 Å². The monoisotopic (exact) mass is 364 g/mol. The Morgan fingerprint density at radius 1 is 1.27 bits per heavy atom. The summed E-state index contributed by atoms with van der Waals surface area (Å²) in [6.45, 7) is 14.8. The van der Waals surface area contributed by atoms with Crippen molar-refractivity contribution in [3.63, 3.8) is 0 Å². The number of carbonyl (C=O) groups excluding carboxylic acids is 1. The summed E-state index contributed by atoms with van der Waals surface area (Å²) >= 11 is 0. The third kappa shape index (κ3) is 3.73. The van der Waals surface area contributed by atoms with Gasteiger partial charge in [-0.1, -0.05) is 0 Å². The van der Waals surface area contributed by atoms with Gasteiger partial charge in [0.2, 0.25) is 0 Å². The van der Waals surface area contributed by atoms with Gasteiger partial charge in [0, 0.05) is 13.1 Å². The second kappa shape index (κ2) is 6.23. The van der Waals surface area contributed by atoms with Crippen LogP contribution in [0.5, 0.6) is 0 Å². The molecule has 0 spiro atoms. The van der Waals surface area contributed by atoms with Gasteiger partial charge in [-0.2, -0.15) is 15.0 Å². The number of hydrogen-bond acceptors (Lipinski definition) is 6. The Balaban J connectivity index is 1.64. The van der Waals surface area contributed by atoms with Crippen LogP contribution in [0.15, 0.2) is 6.20 Å². The summed E-state index contributed by atoms with van der Waals surface area (Å²) < 4.78 is 17.5. The molecule has 1 atom stereocenters. The number of rotatable bonds is 2. The second-order valence-corrected chi connectivity index (χ2v) is 9.05. The Labute approximate surface area is 155 Å². The van der Waals surface area contributed by atoms with E-state index in [9.17, 15) is 4.79 Å². The largest absolute Gasteiger partial charge is 0.518 e. The molecule has 8 nitrogen and oxygen atoms in total. The van der Waals surface area contributed by atoms with E-state index < -0.39 is 23.9 Å². The van der Waals surface area contributed by atoms with E-state index >= 15 is 0 Å². The summed E-state index contributed by atoms with van der Waals surface area (Å²) in [6, 6.07) is 0.0266. The molecule has 0 bridgehead atoms. The molecule has 2 saturated heterocycles. The van der Waals surface area contributed by atoms with Crippen LogP contribution >= 0.6 is 0 Å². The fourth-order valence-electron chi connectivity index (χ4n) is 2.96. The third-order valence-electron chi connectivity index (χ3n) is 5.16. The molecule has 1 amide bonds. The molecule has 144 valence electrons. The lowest BCUT2D eigenvalue weighted by atomic mass is 9.86. The maximum atomic E-state index is 12.2. The van der Waals surface area contributed by atoms with Crippen LogP contribution in [-0.2, 0) is 14.0 Å². The van der Waals surface area contributed by atoms with Gasteiger partial charge in [0.15, 0.2) is 0 Å². The highest BCUT2D eigenvalue weighted by molar-refractivity contribution is 6.61. The molecule has 3 heterocycles. The van der Waals surface area contributed by atoms with Crippen molar-refractivity contribution >= 4 is 18.8 Å². The van der Waals surface area contributed by atoms with Crippen LogP contribution in [0.25, 0.3) is 0 Å². The van der Waals surface area contributed by atoms with Crippen LogP contribution in [0.1, 0.15) is 60.9 Å². The lowest BCUT2D eigenvalue weighted by Gasteiger charge is -2.32. The number of carbonyl (C=O) groups is 1. The molecule has 9 heteroatoms. The zero-order valence-corrected chi connectivity index (χ0v) is 16.8. The SMILES string of the molecule is CC(C)(C)OC(=O)N1CCC(n2ncc(B3OC(C)(C)C(C)(C)O3)n2)C1. The van der Waals surface area contributed by atoms with Crippen molar-refractivity contribution in [2.24, 2.45) is 0 Å². The number of aromatic nitrogens is 3. The van der Waals surface area contributed by atoms with Gasteiger partial charge in [-0.3, -0.25) is 0 Å². The second-order valence-electron chi connectivity index (χ2n) is 9.05. The van der Waals surface area contributed by atoms with Gasteiger partial charge in [0.1, 0.15) is 11.2 Å². The van der Waals surface area contributed by atoms with Gasteiger partial charge in [-0.25, -0.2) is 4.79 Å². The highest BCUT2D eigenvalue weighted by Crippen LogP contribution is 2.36. The minimum absolute atomic E-state index is 0.0266. The molecule has 0 aliphatic carbocycles. The number of likely N-dealkylation sites (tertiary alicyclic amines) is 1. The maximum Gasteiger partial charge on any atom is 0.518 e. The van der Waals surface area contributed by atoms with Gasteiger partial charge in [-0.05, 0) is 54.9 Å². The first-order chi connectivity index (χ1) is 11.9. The van der Waals surface area contributed by atoms with Crippen molar-refractivity contribution in [2.75, 3.05) is 13.1 Å². The molecule has 1 aromatic heterocycles. The number of hydrogen-bond donors (Lipinski definition) is 0. The summed E-state index contributed by atoms with van der Waals surface area (Å²) in [4.78, 5) is 15.6. The van der Waals surface area contributed by atoms with Crippen LogP contribution in [0.2, 0.25) is 0 Å². The van der Waals surface area contributed by atoms with E-state index in [1.54, 1.807) is 15.9 Å². The van der Waals surface area contributed by atoms with E-state index in [1.807, 2.05) is 48.5 Å². The zero-order valence-electron chi connectivity index (χ0n) is 16.8. The first-order valence-electron chi connectivity index (χ1n) is 9.13. The number of ether oxygens (including phenoxy) is 1. The Morgan fingerprint density at radius 3 is 2.46 bits per heavy atom. The molecular formula is C17H29BN4O4. The lowest BCUT2D eigenvalue weighted by Crippen LogP contribution is -2.41. The molecule has 0 radical (unpaired) electrons. The van der Waals surface area contributed by atoms with Gasteiger partial charge >= 0.3 is 13.2 Å². The number of amides is 1. The zero-order chi connectivity index (χ0) is 19.3. The standard InChI is InChI=1S/C17H29BN4O4/c1-15(2,3)24-14(23)21-9-8-12(11-21)22-19-10-13(20-22)18-25-16(4,5)17(6,7)26-18/h10,12H,8-9,11H2,1-7H3. The molecule has 2 fully saturated rings. The molecule has 0 N–H and O–H groups in total. The van der Waals surface area contributed by atoms with Crippen molar-refractivity contribution in [1.29, 1.82) is 0 Å². The molecule has 0 aromatic carbocycles. The predicted octanol–water partition coefficient (Wildman–Crippen LogP) is 1.76. The molecule has 1 aromatic rings. The van der Waals surface area contributed by atoms with E-state index in [0.717, 1.165) is 6.42 Å². The molecule has 1 unspecified atom stereocenters. The van der Waals surface area contributed by atoms with Gasteiger partial charge in [-0.15, -0.1) is 0 Å². The fraction of sp³-hybridized carbons (Fsp3) is 0.824. The van der Waals surface area contributed by atoms with E-state index in [-0.39, 0.29) is 12.1 Å². The molecular weight excluding hydrogens is 335 g/mol. The van der Waals surface area contributed by atoms with Crippen molar-refractivity contribution < 1.29 is 18.8 Å². The minimum Gasteiger partial charge on any atom is -0.444 e. The first kappa shape index (κ1) is 19.2. The highest BCUT2D eigenvalue weighted by atomic mass is 16.7. The van der Waals surface area contributed by atoms with Gasteiger partial charge < -0.3 is 18.9 Å². The van der Waals surface area contributed by atoms with Crippen molar-refractivity contribution in [2.45, 2.75) is 77.7 Å². The topological polar surface area (TPSA) is 78.7 Å². The fourth-order valence-corrected chi connectivity index (χ4v) is 2.96. The Bertz CT molecular complexity index is 667. The highest BCUT2D eigenvalue weighted by Gasteiger charge is 2.53. The van der Waals surface area contributed by atoms with E-state index in [1.165, 1.54) is 0 Å². The van der Waals surface area contributed by atoms with Crippen LogP contribution < -0.4 is 5.59 Å².